The lowest BCUT2D eigenvalue weighted by molar-refractivity contribution is -0.142. The van der Waals surface area contributed by atoms with Gasteiger partial charge in [0.1, 0.15) is 17.0 Å². The predicted octanol–water partition coefficient (Wildman–Crippen LogP) is 3.74. The van der Waals surface area contributed by atoms with Crippen molar-refractivity contribution >= 4 is 5.65 Å². The van der Waals surface area contributed by atoms with E-state index in [1.54, 1.807) is 24.4 Å². The van der Waals surface area contributed by atoms with Crippen LogP contribution >= 0.6 is 0 Å². The van der Waals surface area contributed by atoms with E-state index in [1.165, 1.54) is 6.20 Å². The molecule has 0 saturated heterocycles. The first-order chi connectivity index (χ1) is 13.0. The minimum Gasteiger partial charge on any atom is -0.414 e. The molecule has 0 amide bonds. The van der Waals surface area contributed by atoms with Crippen molar-refractivity contribution in [3.05, 3.63) is 48.0 Å². The maximum atomic E-state index is 13.5. The maximum absolute atomic E-state index is 13.5. The standard InChI is InChI=1S/C17H11F3N6O/c18-17(19,20)13-7-12(9-4-5-9)23-14-10(8-22-26(13)14)15-24-25-16(27-15)11-3-1-2-6-21-11/h1-3,6-9H,4-5H2. The maximum Gasteiger partial charge on any atom is 0.433 e. The van der Waals surface area contributed by atoms with Crippen LogP contribution in [0.25, 0.3) is 28.7 Å². The van der Waals surface area contributed by atoms with Crippen LogP contribution in [0.1, 0.15) is 30.1 Å². The highest BCUT2D eigenvalue weighted by atomic mass is 19.4. The van der Waals surface area contributed by atoms with Crippen LogP contribution in [0.4, 0.5) is 13.2 Å². The van der Waals surface area contributed by atoms with Gasteiger partial charge in [-0.05, 0) is 31.0 Å². The van der Waals surface area contributed by atoms with Crippen molar-refractivity contribution in [2.24, 2.45) is 0 Å². The fourth-order valence-electron chi connectivity index (χ4n) is 2.85. The number of fused-ring (bicyclic) bond motifs is 1. The Bertz CT molecular complexity index is 1130. The van der Waals surface area contributed by atoms with E-state index in [0.29, 0.717) is 11.4 Å². The second-order valence-electron chi connectivity index (χ2n) is 6.26. The van der Waals surface area contributed by atoms with Crippen LogP contribution in [-0.2, 0) is 6.18 Å². The summed E-state index contributed by atoms with van der Waals surface area (Å²) in [7, 11) is 0. The molecule has 1 aliphatic carbocycles. The van der Waals surface area contributed by atoms with E-state index in [0.717, 1.165) is 23.4 Å². The van der Waals surface area contributed by atoms with E-state index >= 15 is 0 Å². The minimum absolute atomic E-state index is 0.0409. The van der Waals surface area contributed by atoms with E-state index in [9.17, 15) is 13.2 Å². The van der Waals surface area contributed by atoms with E-state index in [2.05, 4.69) is 25.3 Å². The van der Waals surface area contributed by atoms with Gasteiger partial charge in [0.2, 0.25) is 0 Å². The molecular weight excluding hydrogens is 361 g/mol. The Labute approximate surface area is 149 Å². The molecule has 0 N–H and O–H groups in total. The predicted molar refractivity (Wildman–Crippen MR) is 86.5 cm³/mol. The third kappa shape index (κ3) is 2.73. The van der Waals surface area contributed by atoms with Crippen molar-refractivity contribution in [1.82, 2.24) is 29.8 Å². The number of alkyl halides is 3. The van der Waals surface area contributed by atoms with Crippen molar-refractivity contribution in [2.45, 2.75) is 24.9 Å². The molecule has 0 aliphatic heterocycles. The van der Waals surface area contributed by atoms with E-state index in [4.69, 9.17) is 4.42 Å². The molecule has 1 saturated carbocycles. The number of rotatable bonds is 3. The van der Waals surface area contributed by atoms with Crippen molar-refractivity contribution in [2.75, 3.05) is 0 Å². The smallest absolute Gasteiger partial charge is 0.414 e. The Morgan fingerprint density at radius 1 is 1.11 bits per heavy atom. The van der Waals surface area contributed by atoms with E-state index in [-0.39, 0.29) is 28.9 Å². The summed E-state index contributed by atoms with van der Waals surface area (Å²) in [6, 6.07) is 6.27. The number of halogens is 3. The fraction of sp³-hybridized carbons (Fsp3) is 0.235. The monoisotopic (exact) mass is 372 g/mol. The number of aromatic nitrogens is 6. The van der Waals surface area contributed by atoms with Crippen molar-refractivity contribution in [1.29, 1.82) is 0 Å². The Morgan fingerprint density at radius 2 is 1.93 bits per heavy atom. The summed E-state index contributed by atoms with van der Waals surface area (Å²) in [6.07, 6.45) is -0.0672. The van der Waals surface area contributed by atoms with Crippen LogP contribution < -0.4 is 0 Å². The number of pyridine rings is 1. The Kier molecular flexibility index (Phi) is 3.30. The van der Waals surface area contributed by atoms with Gasteiger partial charge in [0.05, 0.1) is 6.20 Å². The van der Waals surface area contributed by atoms with E-state index < -0.39 is 11.9 Å². The summed E-state index contributed by atoms with van der Waals surface area (Å²) in [5.74, 6) is 0.254. The van der Waals surface area contributed by atoms with Crippen LogP contribution in [0.5, 0.6) is 0 Å². The molecule has 4 aromatic heterocycles. The lowest BCUT2D eigenvalue weighted by Crippen LogP contribution is -2.14. The molecule has 27 heavy (non-hydrogen) atoms. The zero-order valence-electron chi connectivity index (χ0n) is 13.7. The second-order valence-corrected chi connectivity index (χ2v) is 6.26. The molecule has 4 aromatic rings. The van der Waals surface area contributed by atoms with Crippen LogP contribution in [0, 0.1) is 0 Å². The molecular formula is C17H11F3N6O. The third-order valence-corrected chi connectivity index (χ3v) is 4.32. The first-order valence-corrected chi connectivity index (χ1v) is 8.22. The van der Waals surface area contributed by atoms with Gasteiger partial charge in [-0.25, -0.2) is 9.50 Å². The Balaban J connectivity index is 1.66. The van der Waals surface area contributed by atoms with Crippen molar-refractivity contribution in [3.63, 3.8) is 0 Å². The average Bonchev–Trinajstić information content (AvgIpc) is 3.24. The SMILES string of the molecule is FC(F)(F)c1cc(C2CC2)nc2c(-c3nnc(-c4ccccn4)o3)cnn12. The van der Waals surface area contributed by atoms with Gasteiger partial charge in [-0.1, -0.05) is 6.07 Å². The second kappa shape index (κ2) is 5.60. The molecule has 4 heterocycles. The lowest BCUT2D eigenvalue weighted by Gasteiger charge is -2.10. The van der Waals surface area contributed by atoms with Gasteiger partial charge in [0.15, 0.2) is 5.65 Å². The fourth-order valence-corrected chi connectivity index (χ4v) is 2.85. The van der Waals surface area contributed by atoms with Crippen LogP contribution in [0.15, 0.2) is 41.1 Å². The number of hydrogen-bond donors (Lipinski definition) is 0. The van der Waals surface area contributed by atoms with Crippen molar-refractivity contribution < 1.29 is 17.6 Å². The summed E-state index contributed by atoms with van der Waals surface area (Å²) in [4.78, 5) is 8.50. The molecule has 1 aliphatic rings. The van der Waals surface area contributed by atoms with Gasteiger partial charge < -0.3 is 4.42 Å². The highest BCUT2D eigenvalue weighted by Gasteiger charge is 2.38. The first-order valence-electron chi connectivity index (χ1n) is 8.22. The molecule has 10 heteroatoms. The van der Waals surface area contributed by atoms with Gasteiger partial charge in [0.25, 0.3) is 11.8 Å². The number of nitrogens with zero attached hydrogens (tertiary/aromatic N) is 6. The molecule has 1 fully saturated rings. The Morgan fingerprint density at radius 3 is 2.63 bits per heavy atom. The van der Waals surface area contributed by atoms with Crippen LogP contribution in [0.3, 0.4) is 0 Å². The van der Waals surface area contributed by atoms with E-state index in [1.807, 2.05) is 0 Å². The van der Waals surface area contributed by atoms with Gasteiger partial charge in [-0.15, -0.1) is 10.2 Å². The largest absolute Gasteiger partial charge is 0.433 e. The topological polar surface area (TPSA) is 82.0 Å². The lowest BCUT2D eigenvalue weighted by atomic mass is 10.2. The number of hydrogen-bond acceptors (Lipinski definition) is 6. The summed E-state index contributed by atoms with van der Waals surface area (Å²) >= 11 is 0. The molecule has 0 bridgehead atoms. The summed E-state index contributed by atoms with van der Waals surface area (Å²) in [5, 5.41) is 11.7. The molecule has 0 unspecified atom stereocenters. The molecule has 0 atom stereocenters. The highest BCUT2D eigenvalue weighted by Crippen LogP contribution is 2.42. The molecule has 136 valence electrons. The quantitative estimate of drug-likeness (QED) is 0.545. The van der Waals surface area contributed by atoms with Gasteiger partial charge in [0, 0.05) is 17.8 Å². The van der Waals surface area contributed by atoms with Crippen LogP contribution in [0.2, 0.25) is 0 Å². The van der Waals surface area contributed by atoms with Crippen LogP contribution in [-0.4, -0.2) is 29.8 Å². The molecule has 7 nitrogen and oxygen atoms in total. The summed E-state index contributed by atoms with van der Waals surface area (Å²) in [6.45, 7) is 0. The zero-order chi connectivity index (χ0) is 18.6. The third-order valence-electron chi connectivity index (χ3n) is 4.32. The summed E-state index contributed by atoms with van der Waals surface area (Å²) < 4.78 is 46.8. The molecule has 5 rings (SSSR count). The molecule has 0 aromatic carbocycles. The molecule has 0 radical (unpaired) electrons. The average molecular weight is 372 g/mol. The van der Waals surface area contributed by atoms with Gasteiger partial charge in [-0.3, -0.25) is 4.98 Å². The molecule has 0 spiro atoms. The zero-order valence-corrected chi connectivity index (χ0v) is 13.7. The first kappa shape index (κ1) is 15.9. The Hall–Kier alpha value is -3.30. The normalized spacial score (nSPS) is 14.8. The van der Waals surface area contributed by atoms with Gasteiger partial charge in [-0.2, -0.15) is 18.3 Å². The minimum atomic E-state index is -4.55. The highest BCUT2D eigenvalue weighted by molar-refractivity contribution is 5.72. The van der Waals surface area contributed by atoms with Gasteiger partial charge >= 0.3 is 6.18 Å². The summed E-state index contributed by atoms with van der Waals surface area (Å²) in [5.41, 5.74) is 0.294. The van der Waals surface area contributed by atoms with Crippen molar-refractivity contribution in [3.8, 4) is 23.0 Å².